The average molecular weight is 445 g/mol. The maximum Gasteiger partial charge on any atom is 0.142 e. The van der Waals surface area contributed by atoms with Gasteiger partial charge in [-0.25, -0.2) is 0 Å². The van der Waals surface area contributed by atoms with E-state index in [0.717, 1.165) is 55.4 Å². The molecule has 1 aromatic rings. The minimum absolute atomic E-state index is 0.151. The largest absolute Gasteiger partial charge is 0.495 e. The fraction of sp³-hybridized carbons (Fsp3) is 0.769. The molecule has 4 bridgehead atoms. The van der Waals surface area contributed by atoms with Crippen molar-refractivity contribution in [2.75, 3.05) is 64.6 Å². The van der Waals surface area contributed by atoms with Crippen molar-refractivity contribution < 1.29 is 19.3 Å². The van der Waals surface area contributed by atoms with Gasteiger partial charge in [0.25, 0.3) is 0 Å². The van der Waals surface area contributed by atoms with Crippen LogP contribution in [-0.4, -0.2) is 81.4 Å². The second-order valence-corrected chi connectivity index (χ2v) is 10.6. The van der Waals surface area contributed by atoms with Crippen molar-refractivity contribution in [1.82, 2.24) is 4.90 Å². The Labute approximate surface area is 192 Å². The summed E-state index contributed by atoms with van der Waals surface area (Å²) in [5.41, 5.74) is 1.30. The van der Waals surface area contributed by atoms with E-state index in [1.807, 2.05) is 12.1 Å². The molecule has 1 aliphatic heterocycles. The normalized spacial score (nSPS) is 32.9. The molecule has 1 heterocycles. The highest BCUT2D eigenvalue weighted by atomic mass is 16.5. The van der Waals surface area contributed by atoms with Crippen LogP contribution in [0.15, 0.2) is 24.3 Å². The molecule has 0 unspecified atom stereocenters. The van der Waals surface area contributed by atoms with Crippen LogP contribution in [0.4, 0.5) is 5.69 Å². The number of nitrogens with zero attached hydrogens (tertiary/aromatic N) is 2. The van der Waals surface area contributed by atoms with Crippen molar-refractivity contribution in [2.24, 2.45) is 17.8 Å². The van der Waals surface area contributed by atoms with E-state index in [2.05, 4.69) is 21.9 Å². The summed E-state index contributed by atoms with van der Waals surface area (Å²) in [6.45, 7) is 6.04. The predicted octanol–water partition coefficient (Wildman–Crippen LogP) is 3.18. The summed E-state index contributed by atoms with van der Waals surface area (Å²) >= 11 is 0. The Morgan fingerprint density at radius 2 is 1.62 bits per heavy atom. The van der Waals surface area contributed by atoms with Gasteiger partial charge in [-0.15, -0.1) is 0 Å². The molecule has 4 aliphatic carbocycles. The van der Waals surface area contributed by atoms with Gasteiger partial charge in [0.05, 0.1) is 44.3 Å². The highest BCUT2D eigenvalue weighted by Crippen LogP contribution is 2.57. The number of hydrogen-bond donors (Lipinski definition) is 1. The molecule has 0 radical (unpaired) electrons. The molecular formula is C26H40N2O4. The summed E-state index contributed by atoms with van der Waals surface area (Å²) in [5, 5.41) is 10.5. The van der Waals surface area contributed by atoms with Gasteiger partial charge >= 0.3 is 0 Å². The van der Waals surface area contributed by atoms with Crippen molar-refractivity contribution in [1.29, 1.82) is 0 Å². The lowest BCUT2D eigenvalue weighted by atomic mass is 9.54. The number of ether oxygens (including phenoxy) is 3. The second-order valence-electron chi connectivity index (χ2n) is 10.6. The molecule has 0 aromatic heterocycles. The molecule has 0 amide bonds. The molecule has 1 atom stereocenters. The van der Waals surface area contributed by atoms with Gasteiger partial charge in [0, 0.05) is 32.7 Å². The van der Waals surface area contributed by atoms with Gasteiger partial charge in [0.15, 0.2) is 0 Å². The third-order valence-corrected chi connectivity index (χ3v) is 8.20. The van der Waals surface area contributed by atoms with Crippen LogP contribution in [0.2, 0.25) is 0 Å². The predicted molar refractivity (Wildman–Crippen MR) is 125 cm³/mol. The zero-order chi connectivity index (χ0) is 22.0. The number of β-amino-alcohol motifs (C(OH)–C–C–N with tert-alkyl or cyclic N) is 1. The Morgan fingerprint density at radius 3 is 2.28 bits per heavy atom. The number of piperazine rings is 1. The SMILES string of the molecule is COc1ccccc1N1CCN(C[C@H](O)COCCOC23CC4CC(CC(C4)C2)C3)CC1. The number of rotatable bonds is 10. The maximum absolute atomic E-state index is 10.5. The molecule has 0 spiro atoms. The van der Waals surface area contributed by atoms with Crippen LogP contribution in [0.3, 0.4) is 0 Å². The van der Waals surface area contributed by atoms with Crippen LogP contribution in [0, 0.1) is 17.8 Å². The van der Waals surface area contributed by atoms with Crippen LogP contribution < -0.4 is 9.64 Å². The lowest BCUT2D eigenvalue weighted by molar-refractivity contribution is -0.170. The monoisotopic (exact) mass is 444 g/mol. The average Bonchev–Trinajstić information content (AvgIpc) is 2.78. The highest BCUT2D eigenvalue weighted by molar-refractivity contribution is 5.58. The van der Waals surface area contributed by atoms with E-state index in [4.69, 9.17) is 14.2 Å². The number of anilines is 1. The maximum atomic E-state index is 10.5. The van der Waals surface area contributed by atoms with Crippen LogP contribution >= 0.6 is 0 Å². The van der Waals surface area contributed by atoms with Gasteiger partial charge in [0.2, 0.25) is 0 Å². The van der Waals surface area contributed by atoms with Crippen molar-refractivity contribution in [2.45, 2.75) is 50.2 Å². The topological polar surface area (TPSA) is 54.4 Å². The van der Waals surface area contributed by atoms with E-state index in [0.29, 0.717) is 26.4 Å². The fourth-order valence-electron chi connectivity index (χ4n) is 7.16. The molecule has 4 saturated carbocycles. The van der Waals surface area contributed by atoms with E-state index >= 15 is 0 Å². The van der Waals surface area contributed by atoms with Crippen LogP contribution in [0.25, 0.3) is 0 Å². The number of benzene rings is 1. The number of hydrogen-bond acceptors (Lipinski definition) is 6. The standard InChI is InChI=1S/C26H40N2O4/c1-30-25-5-3-2-4-24(25)28-8-6-27(7-9-28)18-23(29)19-31-10-11-32-26-15-20-12-21(16-26)14-22(13-20)17-26/h2-5,20-23,29H,6-19H2,1H3/t20?,21?,22?,23-,26?/m0/s1. The minimum atomic E-state index is -0.452. The number of aliphatic hydroxyl groups is 1. The lowest BCUT2D eigenvalue weighted by Gasteiger charge is -2.56. The van der Waals surface area contributed by atoms with Crippen molar-refractivity contribution in [3.63, 3.8) is 0 Å². The van der Waals surface area contributed by atoms with Crippen LogP contribution in [0.1, 0.15) is 38.5 Å². The summed E-state index contributed by atoms with van der Waals surface area (Å²) in [6.07, 6.45) is 7.68. The van der Waals surface area contributed by atoms with E-state index < -0.39 is 6.10 Å². The van der Waals surface area contributed by atoms with Gasteiger partial charge in [-0.1, -0.05) is 12.1 Å². The number of para-hydroxylation sites is 2. The Hall–Kier alpha value is -1.34. The molecule has 6 rings (SSSR count). The Morgan fingerprint density at radius 1 is 0.969 bits per heavy atom. The number of aliphatic hydroxyl groups excluding tert-OH is 1. The summed E-state index contributed by atoms with van der Waals surface area (Å²) < 4.78 is 17.7. The van der Waals surface area contributed by atoms with Gasteiger partial charge in [-0.05, 0) is 68.4 Å². The third kappa shape index (κ3) is 5.09. The first-order valence-electron chi connectivity index (χ1n) is 12.6. The van der Waals surface area contributed by atoms with Crippen molar-refractivity contribution in [3.05, 3.63) is 24.3 Å². The first-order valence-corrected chi connectivity index (χ1v) is 12.6. The smallest absolute Gasteiger partial charge is 0.142 e. The van der Waals surface area contributed by atoms with Gasteiger partial charge in [0.1, 0.15) is 5.75 Å². The van der Waals surface area contributed by atoms with E-state index in [-0.39, 0.29) is 5.60 Å². The number of methoxy groups -OCH3 is 1. The fourth-order valence-corrected chi connectivity index (χ4v) is 7.16. The summed E-state index contributed by atoms with van der Waals surface area (Å²) in [4.78, 5) is 4.69. The van der Waals surface area contributed by atoms with Crippen LogP contribution in [0.5, 0.6) is 5.75 Å². The van der Waals surface area contributed by atoms with Gasteiger partial charge < -0.3 is 24.2 Å². The molecule has 5 fully saturated rings. The minimum Gasteiger partial charge on any atom is -0.495 e. The summed E-state index contributed by atoms with van der Waals surface area (Å²) in [7, 11) is 1.72. The van der Waals surface area contributed by atoms with Gasteiger partial charge in [-0.3, -0.25) is 4.90 Å². The molecule has 178 valence electrons. The molecule has 5 aliphatic rings. The molecule has 1 aromatic carbocycles. The molecule has 32 heavy (non-hydrogen) atoms. The third-order valence-electron chi connectivity index (χ3n) is 8.20. The molecular weight excluding hydrogens is 404 g/mol. The summed E-state index contributed by atoms with van der Waals surface area (Å²) in [5.74, 6) is 3.65. The van der Waals surface area contributed by atoms with Crippen molar-refractivity contribution >= 4 is 5.69 Å². The molecule has 6 heteroatoms. The summed E-state index contributed by atoms with van der Waals surface area (Å²) in [6, 6.07) is 8.18. The van der Waals surface area contributed by atoms with E-state index in [1.54, 1.807) is 7.11 Å². The molecule has 6 nitrogen and oxygen atoms in total. The molecule has 1 saturated heterocycles. The van der Waals surface area contributed by atoms with E-state index in [9.17, 15) is 5.11 Å². The zero-order valence-electron chi connectivity index (χ0n) is 19.6. The van der Waals surface area contributed by atoms with Gasteiger partial charge in [-0.2, -0.15) is 0 Å². The zero-order valence-corrected chi connectivity index (χ0v) is 19.6. The lowest BCUT2D eigenvalue weighted by Crippen LogP contribution is -2.52. The van der Waals surface area contributed by atoms with Crippen molar-refractivity contribution in [3.8, 4) is 5.75 Å². The van der Waals surface area contributed by atoms with Crippen LogP contribution in [-0.2, 0) is 9.47 Å². The Kier molecular flexibility index (Phi) is 6.93. The Balaban J connectivity index is 0.974. The second kappa shape index (κ2) is 9.88. The quantitative estimate of drug-likeness (QED) is 0.560. The highest BCUT2D eigenvalue weighted by Gasteiger charge is 2.51. The first-order chi connectivity index (χ1) is 15.6. The van der Waals surface area contributed by atoms with E-state index in [1.165, 1.54) is 38.5 Å². The molecule has 1 N–H and O–H groups in total. The first kappa shape index (κ1) is 22.5. The Bertz CT molecular complexity index is 714.